The molecular formula is C21H26N6O2. The van der Waals surface area contributed by atoms with E-state index in [2.05, 4.69) is 44.2 Å². The molecule has 8 nitrogen and oxygen atoms in total. The summed E-state index contributed by atoms with van der Waals surface area (Å²) in [5.41, 5.74) is 1.89. The molecule has 152 valence electrons. The van der Waals surface area contributed by atoms with Gasteiger partial charge in [-0.25, -0.2) is 4.98 Å². The number of nitrogens with one attached hydrogen (secondary N) is 2. The number of fused-ring (bicyclic) bond motifs is 1. The molecule has 0 spiro atoms. The summed E-state index contributed by atoms with van der Waals surface area (Å²) >= 11 is 0. The zero-order valence-corrected chi connectivity index (χ0v) is 16.9. The van der Waals surface area contributed by atoms with Crippen LogP contribution in [0.2, 0.25) is 0 Å². The van der Waals surface area contributed by atoms with E-state index in [0.29, 0.717) is 23.9 Å². The van der Waals surface area contributed by atoms with Gasteiger partial charge in [-0.1, -0.05) is 6.07 Å². The van der Waals surface area contributed by atoms with E-state index >= 15 is 0 Å². The molecule has 2 aromatic heterocycles. The molecule has 0 saturated carbocycles. The standard InChI is InChI=1S/C21H26N6O2/c1-26(2)17-12-27(13-19(17)29-3)20-7-9-23-21(25-20)24-11-14-4-5-15-16(10-14)22-8-6-18(15)28/h4-10,17,19H,11-13H2,1-3H3,(H,22,28)(H,23,24,25)/t17-,19+/m0/s1. The third-order valence-corrected chi connectivity index (χ3v) is 5.44. The van der Waals surface area contributed by atoms with Gasteiger partial charge in [0, 0.05) is 56.1 Å². The highest BCUT2D eigenvalue weighted by Crippen LogP contribution is 2.23. The maximum atomic E-state index is 11.9. The average Bonchev–Trinajstić information content (AvgIpc) is 3.18. The van der Waals surface area contributed by atoms with Crippen molar-refractivity contribution in [1.82, 2.24) is 19.9 Å². The summed E-state index contributed by atoms with van der Waals surface area (Å²) in [6, 6.07) is 9.55. The number of H-pyrrole nitrogens is 1. The number of rotatable bonds is 6. The van der Waals surface area contributed by atoms with Crippen molar-refractivity contribution in [3.8, 4) is 0 Å². The van der Waals surface area contributed by atoms with Crippen molar-refractivity contribution < 1.29 is 4.74 Å². The molecular weight excluding hydrogens is 368 g/mol. The van der Waals surface area contributed by atoms with E-state index in [0.717, 1.165) is 30.0 Å². The number of pyridine rings is 1. The number of benzene rings is 1. The van der Waals surface area contributed by atoms with Crippen LogP contribution in [0.5, 0.6) is 0 Å². The lowest BCUT2D eigenvalue weighted by atomic mass is 10.1. The van der Waals surface area contributed by atoms with Crippen LogP contribution < -0.4 is 15.6 Å². The predicted molar refractivity (Wildman–Crippen MR) is 114 cm³/mol. The Bertz CT molecular complexity index is 1050. The number of hydrogen-bond acceptors (Lipinski definition) is 7. The fourth-order valence-corrected chi connectivity index (χ4v) is 3.80. The Morgan fingerprint density at radius 2 is 2.14 bits per heavy atom. The van der Waals surface area contributed by atoms with Crippen LogP contribution in [0.25, 0.3) is 10.9 Å². The van der Waals surface area contributed by atoms with Gasteiger partial charge in [-0.15, -0.1) is 0 Å². The minimum atomic E-state index is 0.0188. The zero-order chi connectivity index (χ0) is 20.4. The van der Waals surface area contributed by atoms with E-state index in [9.17, 15) is 4.79 Å². The summed E-state index contributed by atoms with van der Waals surface area (Å²) in [6.07, 6.45) is 3.59. The van der Waals surface area contributed by atoms with Crippen molar-refractivity contribution in [3.63, 3.8) is 0 Å². The number of nitrogens with zero attached hydrogens (tertiary/aromatic N) is 4. The molecule has 1 aliphatic rings. The van der Waals surface area contributed by atoms with Crippen molar-refractivity contribution >= 4 is 22.7 Å². The van der Waals surface area contributed by atoms with Crippen LogP contribution >= 0.6 is 0 Å². The third-order valence-electron chi connectivity index (χ3n) is 5.44. The Balaban J connectivity index is 1.46. The molecule has 2 atom stereocenters. The van der Waals surface area contributed by atoms with E-state index in [1.54, 1.807) is 19.5 Å². The van der Waals surface area contributed by atoms with Gasteiger partial charge in [0.2, 0.25) is 5.95 Å². The SMILES string of the molecule is CO[C@@H]1CN(c2ccnc(NCc3ccc4c(=O)cc[nH]c4c3)n2)C[C@@H]1N(C)C. The molecule has 1 aromatic carbocycles. The molecule has 1 fully saturated rings. The maximum absolute atomic E-state index is 11.9. The number of ether oxygens (including phenoxy) is 1. The predicted octanol–water partition coefficient (Wildman–Crippen LogP) is 1.70. The first-order valence-electron chi connectivity index (χ1n) is 9.66. The van der Waals surface area contributed by atoms with Gasteiger partial charge in [0.15, 0.2) is 5.43 Å². The first-order valence-corrected chi connectivity index (χ1v) is 9.66. The topological polar surface area (TPSA) is 86.4 Å². The molecule has 0 unspecified atom stereocenters. The molecule has 0 aliphatic carbocycles. The lowest BCUT2D eigenvalue weighted by Crippen LogP contribution is -2.39. The van der Waals surface area contributed by atoms with E-state index in [-0.39, 0.29) is 11.5 Å². The van der Waals surface area contributed by atoms with Crippen LogP contribution in [0.15, 0.2) is 47.5 Å². The Hall–Kier alpha value is -2.97. The number of aromatic nitrogens is 3. The molecule has 4 rings (SSSR count). The van der Waals surface area contributed by atoms with Crippen molar-refractivity contribution in [2.24, 2.45) is 0 Å². The second-order valence-corrected chi connectivity index (χ2v) is 7.52. The normalized spacial score (nSPS) is 19.2. The van der Waals surface area contributed by atoms with Crippen molar-refractivity contribution in [1.29, 1.82) is 0 Å². The Kier molecular flexibility index (Phi) is 5.46. The van der Waals surface area contributed by atoms with Gasteiger partial charge in [0.1, 0.15) is 5.82 Å². The van der Waals surface area contributed by atoms with Crippen LogP contribution in [-0.2, 0) is 11.3 Å². The van der Waals surface area contributed by atoms with Gasteiger partial charge in [-0.2, -0.15) is 4.98 Å². The highest BCUT2D eigenvalue weighted by Gasteiger charge is 2.34. The summed E-state index contributed by atoms with van der Waals surface area (Å²) < 4.78 is 5.65. The Morgan fingerprint density at radius 1 is 1.28 bits per heavy atom. The minimum absolute atomic E-state index is 0.0188. The number of aromatic amines is 1. The van der Waals surface area contributed by atoms with Crippen LogP contribution in [0.4, 0.5) is 11.8 Å². The van der Waals surface area contributed by atoms with Crippen LogP contribution in [0.1, 0.15) is 5.56 Å². The lowest BCUT2D eigenvalue weighted by Gasteiger charge is -2.23. The highest BCUT2D eigenvalue weighted by atomic mass is 16.5. The van der Waals surface area contributed by atoms with Crippen molar-refractivity contribution in [3.05, 3.63) is 58.5 Å². The summed E-state index contributed by atoms with van der Waals surface area (Å²) in [7, 11) is 5.91. The summed E-state index contributed by atoms with van der Waals surface area (Å²) in [5.74, 6) is 1.46. The molecule has 3 heterocycles. The second kappa shape index (κ2) is 8.18. The number of likely N-dealkylation sites (N-methyl/N-ethyl adjacent to an activating group) is 1. The van der Waals surface area contributed by atoms with Crippen molar-refractivity contribution in [2.75, 3.05) is 44.5 Å². The van der Waals surface area contributed by atoms with Crippen LogP contribution in [0, 0.1) is 0 Å². The third kappa shape index (κ3) is 4.08. The van der Waals surface area contributed by atoms with Gasteiger partial charge >= 0.3 is 0 Å². The Labute approximate surface area is 169 Å². The number of methoxy groups -OCH3 is 1. The van der Waals surface area contributed by atoms with Gasteiger partial charge in [-0.3, -0.25) is 4.79 Å². The molecule has 1 aliphatic heterocycles. The fourth-order valence-electron chi connectivity index (χ4n) is 3.80. The van der Waals surface area contributed by atoms with Gasteiger partial charge in [-0.05, 0) is 37.9 Å². The van der Waals surface area contributed by atoms with Crippen molar-refractivity contribution in [2.45, 2.75) is 18.7 Å². The lowest BCUT2D eigenvalue weighted by molar-refractivity contribution is 0.0639. The largest absolute Gasteiger partial charge is 0.378 e. The highest BCUT2D eigenvalue weighted by molar-refractivity contribution is 5.78. The number of hydrogen-bond donors (Lipinski definition) is 2. The summed E-state index contributed by atoms with van der Waals surface area (Å²) in [6.45, 7) is 2.23. The first kappa shape index (κ1) is 19.4. The fraction of sp³-hybridized carbons (Fsp3) is 0.381. The summed E-state index contributed by atoms with van der Waals surface area (Å²) in [5, 5.41) is 3.97. The molecule has 3 aromatic rings. The molecule has 8 heteroatoms. The maximum Gasteiger partial charge on any atom is 0.224 e. The average molecular weight is 394 g/mol. The molecule has 0 radical (unpaired) electrons. The van der Waals surface area contributed by atoms with E-state index in [1.807, 2.05) is 24.3 Å². The summed E-state index contributed by atoms with van der Waals surface area (Å²) in [4.78, 5) is 28.4. The minimum Gasteiger partial charge on any atom is -0.378 e. The quantitative estimate of drug-likeness (QED) is 0.658. The van der Waals surface area contributed by atoms with Crippen LogP contribution in [-0.4, -0.2) is 66.3 Å². The van der Waals surface area contributed by atoms with Gasteiger partial charge < -0.3 is 24.8 Å². The molecule has 2 N–H and O–H groups in total. The molecule has 0 bridgehead atoms. The van der Waals surface area contributed by atoms with E-state index in [1.165, 1.54) is 6.07 Å². The molecule has 1 saturated heterocycles. The number of anilines is 2. The van der Waals surface area contributed by atoms with Crippen LogP contribution in [0.3, 0.4) is 0 Å². The first-order chi connectivity index (χ1) is 14.0. The second-order valence-electron chi connectivity index (χ2n) is 7.52. The van der Waals surface area contributed by atoms with E-state index in [4.69, 9.17) is 4.74 Å². The van der Waals surface area contributed by atoms with Gasteiger partial charge in [0.05, 0.1) is 12.1 Å². The smallest absolute Gasteiger partial charge is 0.224 e. The van der Waals surface area contributed by atoms with E-state index < -0.39 is 0 Å². The zero-order valence-electron chi connectivity index (χ0n) is 16.9. The van der Waals surface area contributed by atoms with Gasteiger partial charge in [0.25, 0.3) is 0 Å². The molecule has 29 heavy (non-hydrogen) atoms. The molecule has 0 amide bonds. The monoisotopic (exact) mass is 394 g/mol. The Morgan fingerprint density at radius 3 is 2.90 bits per heavy atom.